The predicted molar refractivity (Wildman–Crippen MR) is 78.8 cm³/mol. The first-order valence-corrected chi connectivity index (χ1v) is 8.07. The zero-order valence-electron chi connectivity index (χ0n) is 11.9. The molecule has 114 valence electrons. The Morgan fingerprint density at radius 3 is 2.86 bits per heavy atom. The molecule has 0 aliphatic carbocycles. The quantitative estimate of drug-likeness (QED) is 0.801. The summed E-state index contributed by atoms with van der Waals surface area (Å²) in [5.74, 6) is 0. The van der Waals surface area contributed by atoms with E-state index in [2.05, 4.69) is 10.1 Å². The molecular weight excluding hydrogens is 290 g/mol. The number of nitrogens with two attached hydrogens (primary N) is 1. The summed E-state index contributed by atoms with van der Waals surface area (Å²) in [5.41, 5.74) is 6.12. The van der Waals surface area contributed by atoms with Crippen LogP contribution in [0.25, 0.3) is 0 Å². The molecule has 2 aromatic rings. The second-order valence-electron chi connectivity index (χ2n) is 4.66. The topological polar surface area (TPSA) is 94.1 Å². The van der Waals surface area contributed by atoms with Crippen LogP contribution < -0.4 is 5.73 Å². The van der Waals surface area contributed by atoms with Crippen molar-refractivity contribution in [3.8, 4) is 0 Å². The molecule has 0 saturated carbocycles. The van der Waals surface area contributed by atoms with Gasteiger partial charge in [0.15, 0.2) is 0 Å². The van der Waals surface area contributed by atoms with Gasteiger partial charge in [0.05, 0.1) is 18.4 Å². The van der Waals surface area contributed by atoms with Crippen molar-refractivity contribution in [1.82, 2.24) is 19.1 Å². The van der Waals surface area contributed by atoms with Gasteiger partial charge in [0.2, 0.25) is 10.0 Å². The number of pyridine rings is 1. The normalized spacial score (nSPS) is 12.0. The molecule has 0 fully saturated rings. The van der Waals surface area contributed by atoms with Gasteiger partial charge in [-0.05, 0) is 25.1 Å². The van der Waals surface area contributed by atoms with Gasteiger partial charge in [0.25, 0.3) is 0 Å². The highest BCUT2D eigenvalue weighted by molar-refractivity contribution is 7.89. The molecular formula is C13H19N5O2S. The Morgan fingerprint density at radius 1 is 1.38 bits per heavy atom. The van der Waals surface area contributed by atoms with Crippen LogP contribution in [0.4, 0.5) is 0 Å². The summed E-state index contributed by atoms with van der Waals surface area (Å²) >= 11 is 0. The molecule has 2 aromatic heterocycles. The number of aryl methyl sites for hydroxylation is 1. The molecule has 0 unspecified atom stereocenters. The van der Waals surface area contributed by atoms with Gasteiger partial charge in [-0.2, -0.15) is 9.40 Å². The van der Waals surface area contributed by atoms with E-state index in [1.165, 1.54) is 23.7 Å². The smallest absolute Gasteiger partial charge is 0.246 e. The van der Waals surface area contributed by atoms with Crippen LogP contribution >= 0.6 is 0 Å². The summed E-state index contributed by atoms with van der Waals surface area (Å²) < 4.78 is 27.7. The summed E-state index contributed by atoms with van der Waals surface area (Å²) in [6.07, 6.45) is 5.28. The standard InChI is InChI=1S/C13H19N5O2S/c1-17(10-12-5-2-3-7-15-12)21(19,20)13-9-16-18(11-13)8-4-6-14/h2-3,5,7,9,11H,4,6,8,10,14H2,1H3. The molecule has 8 heteroatoms. The minimum absolute atomic E-state index is 0.179. The minimum atomic E-state index is -3.56. The Kier molecular flexibility index (Phi) is 5.05. The third kappa shape index (κ3) is 3.87. The Morgan fingerprint density at radius 2 is 2.19 bits per heavy atom. The number of sulfonamides is 1. The second-order valence-corrected chi connectivity index (χ2v) is 6.71. The highest BCUT2D eigenvalue weighted by Gasteiger charge is 2.23. The van der Waals surface area contributed by atoms with Crippen LogP contribution in [-0.2, 0) is 23.1 Å². The van der Waals surface area contributed by atoms with Crippen LogP contribution in [0.5, 0.6) is 0 Å². The monoisotopic (exact) mass is 309 g/mol. The van der Waals surface area contributed by atoms with Crippen molar-refractivity contribution >= 4 is 10.0 Å². The molecule has 0 aliphatic rings. The first-order valence-electron chi connectivity index (χ1n) is 6.63. The van der Waals surface area contributed by atoms with Crippen molar-refractivity contribution in [2.24, 2.45) is 5.73 Å². The van der Waals surface area contributed by atoms with Crippen molar-refractivity contribution in [2.45, 2.75) is 24.4 Å². The van der Waals surface area contributed by atoms with Crippen molar-refractivity contribution < 1.29 is 8.42 Å². The van der Waals surface area contributed by atoms with E-state index < -0.39 is 10.0 Å². The molecule has 21 heavy (non-hydrogen) atoms. The lowest BCUT2D eigenvalue weighted by Crippen LogP contribution is -2.26. The van der Waals surface area contributed by atoms with Crippen LogP contribution in [0.3, 0.4) is 0 Å². The fourth-order valence-electron chi connectivity index (χ4n) is 1.84. The molecule has 0 aliphatic heterocycles. The fourth-order valence-corrected chi connectivity index (χ4v) is 2.94. The van der Waals surface area contributed by atoms with Gasteiger partial charge in [-0.3, -0.25) is 9.67 Å². The molecule has 0 amide bonds. The highest BCUT2D eigenvalue weighted by Crippen LogP contribution is 2.15. The number of hydrogen-bond acceptors (Lipinski definition) is 5. The molecule has 0 aromatic carbocycles. The fraction of sp³-hybridized carbons (Fsp3) is 0.385. The molecule has 0 atom stereocenters. The van der Waals surface area contributed by atoms with E-state index in [0.29, 0.717) is 18.8 Å². The molecule has 7 nitrogen and oxygen atoms in total. The molecule has 2 N–H and O–H groups in total. The average molecular weight is 309 g/mol. The number of rotatable bonds is 7. The lowest BCUT2D eigenvalue weighted by atomic mass is 10.3. The van der Waals surface area contributed by atoms with E-state index in [-0.39, 0.29) is 11.4 Å². The van der Waals surface area contributed by atoms with Gasteiger partial charge in [0, 0.05) is 26.0 Å². The van der Waals surface area contributed by atoms with Gasteiger partial charge < -0.3 is 5.73 Å². The number of hydrogen-bond donors (Lipinski definition) is 1. The van der Waals surface area contributed by atoms with E-state index in [1.807, 2.05) is 6.07 Å². The van der Waals surface area contributed by atoms with Crippen LogP contribution in [0.2, 0.25) is 0 Å². The maximum Gasteiger partial charge on any atom is 0.246 e. The zero-order chi connectivity index (χ0) is 15.3. The Hall–Kier alpha value is -1.77. The summed E-state index contributed by atoms with van der Waals surface area (Å²) in [7, 11) is -2.03. The van der Waals surface area contributed by atoms with Crippen molar-refractivity contribution in [3.63, 3.8) is 0 Å². The molecule has 0 saturated heterocycles. The second kappa shape index (κ2) is 6.79. The van der Waals surface area contributed by atoms with Crippen LogP contribution in [-0.4, -0.2) is 41.1 Å². The lowest BCUT2D eigenvalue weighted by molar-refractivity contribution is 0.462. The van der Waals surface area contributed by atoms with E-state index in [9.17, 15) is 8.42 Å². The number of aromatic nitrogens is 3. The third-order valence-corrected chi connectivity index (χ3v) is 4.78. The maximum absolute atomic E-state index is 12.4. The maximum atomic E-state index is 12.4. The third-order valence-electron chi connectivity index (χ3n) is 3.02. The van der Waals surface area contributed by atoms with Crippen LogP contribution in [0.1, 0.15) is 12.1 Å². The molecule has 0 radical (unpaired) electrons. The Bertz CT molecular complexity index is 669. The molecule has 0 bridgehead atoms. The van der Waals surface area contributed by atoms with Gasteiger partial charge >= 0.3 is 0 Å². The van der Waals surface area contributed by atoms with Crippen LogP contribution in [0.15, 0.2) is 41.7 Å². The van der Waals surface area contributed by atoms with Crippen LogP contribution in [0, 0.1) is 0 Å². The average Bonchev–Trinajstić information content (AvgIpc) is 2.95. The summed E-state index contributed by atoms with van der Waals surface area (Å²) in [6.45, 7) is 1.37. The predicted octanol–water partition coefficient (Wildman–Crippen LogP) is 0.448. The molecule has 2 heterocycles. The minimum Gasteiger partial charge on any atom is -0.330 e. The van der Waals surface area contributed by atoms with E-state index in [1.54, 1.807) is 23.0 Å². The van der Waals surface area contributed by atoms with E-state index >= 15 is 0 Å². The molecule has 2 rings (SSSR count). The first kappa shape index (κ1) is 15.6. The highest BCUT2D eigenvalue weighted by atomic mass is 32.2. The summed E-state index contributed by atoms with van der Waals surface area (Å²) in [5, 5.41) is 4.05. The summed E-state index contributed by atoms with van der Waals surface area (Å²) in [4.78, 5) is 4.31. The van der Waals surface area contributed by atoms with E-state index in [0.717, 1.165) is 6.42 Å². The van der Waals surface area contributed by atoms with Gasteiger partial charge in [-0.25, -0.2) is 8.42 Å². The Labute approximate surface area is 124 Å². The van der Waals surface area contributed by atoms with Gasteiger partial charge in [0.1, 0.15) is 4.90 Å². The largest absolute Gasteiger partial charge is 0.330 e. The zero-order valence-corrected chi connectivity index (χ0v) is 12.7. The van der Waals surface area contributed by atoms with Gasteiger partial charge in [-0.1, -0.05) is 6.07 Å². The van der Waals surface area contributed by atoms with Crippen molar-refractivity contribution in [2.75, 3.05) is 13.6 Å². The van der Waals surface area contributed by atoms with E-state index in [4.69, 9.17) is 5.73 Å². The van der Waals surface area contributed by atoms with Crippen molar-refractivity contribution in [3.05, 3.63) is 42.5 Å². The summed E-state index contributed by atoms with van der Waals surface area (Å²) in [6, 6.07) is 5.41. The SMILES string of the molecule is CN(Cc1ccccn1)S(=O)(=O)c1cnn(CCCN)c1. The first-order chi connectivity index (χ1) is 10.0. The molecule has 0 spiro atoms. The lowest BCUT2D eigenvalue weighted by Gasteiger charge is -2.15. The Balaban J connectivity index is 2.11. The number of nitrogens with zero attached hydrogens (tertiary/aromatic N) is 4. The van der Waals surface area contributed by atoms with Gasteiger partial charge in [-0.15, -0.1) is 0 Å². The van der Waals surface area contributed by atoms with Crippen molar-refractivity contribution in [1.29, 1.82) is 0 Å².